The van der Waals surface area contributed by atoms with Crippen LogP contribution in [0.4, 0.5) is 5.69 Å². The van der Waals surface area contributed by atoms with Crippen LogP contribution in [-0.2, 0) is 0 Å². The second kappa shape index (κ2) is 12.7. The molecule has 1 aliphatic heterocycles. The van der Waals surface area contributed by atoms with E-state index in [2.05, 4.69) is 34.5 Å². The second-order valence-electron chi connectivity index (χ2n) is 11.0. The number of fused-ring (bicyclic) bond motifs is 1. The van der Waals surface area contributed by atoms with Crippen LogP contribution in [0.3, 0.4) is 0 Å². The third kappa shape index (κ3) is 6.30. The number of hydrogen-bond acceptors (Lipinski definition) is 5. The van der Waals surface area contributed by atoms with Crippen LogP contribution in [0, 0.1) is 0 Å². The average Bonchev–Trinajstić information content (AvgIpc) is 3.60. The lowest BCUT2D eigenvalue weighted by Gasteiger charge is -2.19. The first-order chi connectivity index (χ1) is 22.1. The smallest absolute Gasteiger partial charge is 0.264 e. The van der Waals surface area contributed by atoms with Crippen LogP contribution in [0.15, 0.2) is 133 Å². The summed E-state index contributed by atoms with van der Waals surface area (Å²) >= 11 is 5.60. The van der Waals surface area contributed by atoms with E-state index >= 15 is 0 Å². The summed E-state index contributed by atoms with van der Waals surface area (Å²) in [6.45, 7) is 1.69. The van der Waals surface area contributed by atoms with E-state index in [4.69, 9.17) is 26.9 Å². The van der Waals surface area contributed by atoms with Gasteiger partial charge in [0.05, 0.1) is 22.4 Å². The molecule has 1 saturated heterocycles. The van der Waals surface area contributed by atoms with E-state index in [9.17, 15) is 4.79 Å². The molecular weight excluding hydrogens is 577 g/mol. The molecule has 5 aromatic carbocycles. The molecule has 45 heavy (non-hydrogen) atoms. The van der Waals surface area contributed by atoms with Gasteiger partial charge >= 0.3 is 0 Å². The summed E-state index contributed by atoms with van der Waals surface area (Å²) in [6.07, 6.45) is 1.04. The molecule has 1 aliphatic rings. The van der Waals surface area contributed by atoms with E-state index in [1.165, 1.54) is 5.56 Å². The number of anilines is 1. The quantitative estimate of drug-likeness (QED) is 0.192. The van der Waals surface area contributed by atoms with Crippen LogP contribution >= 0.6 is 12.2 Å². The fourth-order valence-corrected chi connectivity index (χ4v) is 5.96. The fourth-order valence-electron chi connectivity index (χ4n) is 5.69. The lowest BCUT2D eigenvalue weighted by atomic mass is 9.99. The molecule has 7 rings (SSSR count). The van der Waals surface area contributed by atoms with Crippen LogP contribution in [0.2, 0.25) is 0 Å². The van der Waals surface area contributed by atoms with Crippen molar-refractivity contribution in [1.29, 1.82) is 0 Å². The second-order valence-corrected chi connectivity index (χ2v) is 11.4. The van der Waals surface area contributed by atoms with E-state index < -0.39 is 0 Å². The lowest BCUT2D eigenvalue weighted by molar-refractivity contribution is 0.102. The SMILES string of the molecule is O=C(Nc1ccc2nc(-c3ccccc3)c(-c3ccccc3)nc2c1)c1ccc(OC(=S)N2CC[C@@H](c3ccccc3)C2)cc1. The van der Waals surface area contributed by atoms with Crippen molar-refractivity contribution in [2.45, 2.75) is 12.3 Å². The standard InChI is InChI=1S/C38H30N4O2S/c43-37(29-16-19-32(20-17-29)44-38(45)42-23-22-30(25-42)26-10-4-1-5-11-26)39-31-18-21-33-34(24-31)41-36(28-14-8-3-9-15-28)35(40-33)27-12-6-2-7-13-27/h1-21,24,30H,22-23,25H2,(H,39,43)/t30-/m1/s1. The number of hydrogen-bond donors (Lipinski definition) is 1. The molecule has 1 fully saturated rings. The van der Waals surface area contributed by atoms with Gasteiger partial charge in [-0.2, -0.15) is 0 Å². The maximum absolute atomic E-state index is 13.2. The number of amides is 1. The Morgan fingerprint density at radius 3 is 1.98 bits per heavy atom. The van der Waals surface area contributed by atoms with E-state index in [-0.39, 0.29) is 5.91 Å². The van der Waals surface area contributed by atoms with Gasteiger partial charge < -0.3 is 15.0 Å². The van der Waals surface area contributed by atoms with E-state index in [0.29, 0.717) is 33.6 Å². The maximum atomic E-state index is 13.2. The van der Waals surface area contributed by atoms with Gasteiger partial charge in [-0.1, -0.05) is 91.0 Å². The van der Waals surface area contributed by atoms with Crippen molar-refractivity contribution in [2.75, 3.05) is 18.4 Å². The zero-order valence-corrected chi connectivity index (χ0v) is 25.3. The van der Waals surface area contributed by atoms with Gasteiger partial charge in [0.2, 0.25) is 0 Å². The highest BCUT2D eigenvalue weighted by atomic mass is 32.1. The Bertz CT molecular complexity index is 1970. The van der Waals surface area contributed by atoms with Crippen LogP contribution in [0.1, 0.15) is 28.3 Å². The van der Waals surface area contributed by atoms with Gasteiger partial charge in [-0.05, 0) is 66.7 Å². The minimum absolute atomic E-state index is 0.231. The predicted molar refractivity (Wildman–Crippen MR) is 183 cm³/mol. The van der Waals surface area contributed by atoms with Crippen molar-refractivity contribution in [3.63, 3.8) is 0 Å². The molecule has 220 valence electrons. The van der Waals surface area contributed by atoms with Gasteiger partial charge in [-0.3, -0.25) is 4.79 Å². The number of thiocarbonyl (C=S) groups is 1. The third-order valence-corrected chi connectivity index (χ3v) is 8.40. The summed E-state index contributed by atoms with van der Waals surface area (Å²) < 4.78 is 5.98. The van der Waals surface area contributed by atoms with Gasteiger partial charge in [0.25, 0.3) is 11.1 Å². The average molecular weight is 607 g/mol. The Labute approximate surface area is 267 Å². The van der Waals surface area contributed by atoms with Gasteiger partial charge in [-0.25, -0.2) is 9.97 Å². The minimum Gasteiger partial charge on any atom is -0.432 e. The number of nitrogens with zero attached hydrogens (tertiary/aromatic N) is 3. The molecule has 0 bridgehead atoms. The Morgan fingerprint density at radius 2 is 1.33 bits per heavy atom. The number of aromatic nitrogens is 2. The van der Waals surface area contributed by atoms with Crippen molar-refractivity contribution in [2.24, 2.45) is 0 Å². The molecule has 1 atom stereocenters. The Balaban J connectivity index is 1.05. The zero-order valence-electron chi connectivity index (χ0n) is 24.5. The highest BCUT2D eigenvalue weighted by Crippen LogP contribution is 2.32. The Hall–Kier alpha value is -5.40. The largest absolute Gasteiger partial charge is 0.432 e. The Kier molecular flexibility index (Phi) is 8.00. The van der Waals surface area contributed by atoms with Gasteiger partial charge in [-0.15, -0.1) is 0 Å². The molecule has 0 radical (unpaired) electrons. The molecule has 6 nitrogen and oxygen atoms in total. The number of rotatable bonds is 6. The van der Waals surface area contributed by atoms with Gasteiger partial charge in [0.15, 0.2) is 0 Å². The molecule has 1 N–H and O–H groups in total. The topological polar surface area (TPSA) is 67.3 Å². The third-order valence-electron chi connectivity index (χ3n) is 8.06. The van der Waals surface area contributed by atoms with Crippen molar-refractivity contribution >= 4 is 40.0 Å². The van der Waals surface area contributed by atoms with Gasteiger partial charge in [0.1, 0.15) is 5.75 Å². The van der Waals surface area contributed by atoms with Crippen LogP contribution in [-0.4, -0.2) is 39.0 Å². The monoisotopic (exact) mass is 606 g/mol. The summed E-state index contributed by atoms with van der Waals surface area (Å²) in [5.41, 5.74) is 7.48. The highest BCUT2D eigenvalue weighted by molar-refractivity contribution is 7.80. The predicted octanol–water partition coefficient (Wildman–Crippen LogP) is 8.37. The molecule has 0 aliphatic carbocycles. The summed E-state index contributed by atoms with van der Waals surface area (Å²) in [6, 6.07) is 43.2. The summed E-state index contributed by atoms with van der Waals surface area (Å²) in [5, 5.41) is 3.45. The number of carbonyl (C=O) groups is 1. The minimum atomic E-state index is -0.231. The number of likely N-dealkylation sites (tertiary alicyclic amines) is 1. The maximum Gasteiger partial charge on any atom is 0.264 e. The number of ether oxygens (including phenoxy) is 1. The first-order valence-electron chi connectivity index (χ1n) is 15.0. The van der Waals surface area contributed by atoms with Gasteiger partial charge in [0, 0.05) is 41.4 Å². The summed E-state index contributed by atoms with van der Waals surface area (Å²) in [5.74, 6) is 0.810. The lowest BCUT2D eigenvalue weighted by Crippen LogP contribution is -2.31. The van der Waals surface area contributed by atoms with Crippen molar-refractivity contribution in [3.05, 3.63) is 145 Å². The van der Waals surface area contributed by atoms with Crippen molar-refractivity contribution in [1.82, 2.24) is 14.9 Å². The van der Waals surface area contributed by atoms with E-state index in [1.807, 2.05) is 84.9 Å². The zero-order chi connectivity index (χ0) is 30.6. The normalized spacial score (nSPS) is 14.3. The fraction of sp³-hybridized carbons (Fsp3) is 0.105. The molecule has 2 heterocycles. The molecule has 1 aromatic heterocycles. The summed E-state index contributed by atoms with van der Waals surface area (Å²) in [7, 11) is 0. The van der Waals surface area contributed by atoms with E-state index in [0.717, 1.165) is 47.5 Å². The number of nitrogens with one attached hydrogen (secondary N) is 1. The van der Waals surface area contributed by atoms with Crippen molar-refractivity contribution < 1.29 is 9.53 Å². The van der Waals surface area contributed by atoms with E-state index in [1.54, 1.807) is 24.3 Å². The summed E-state index contributed by atoms with van der Waals surface area (Å²) in [4.78, 5) is 25.3. The first kappa shape index (κ1) is 28.4. The highest BCUT2D eigenvalue weighted by Gasteiger charge is 2.26. The number of benzene rings is 5. The molecule has 0 saturated carbocycles. The molecule has 7 heteroatoms. The number of carbonyl (C=O) groups excluding carboxylic acids is 1. The first-order valence-corrected chi connectivity index (χ1v) is 15.4. The van der Waals surface area contributed by atoms with Crippen LogP contribution in [0.5, 0.6) is 5.75 Å². The van der Waals surface area contributed by atoms with Crippen LogP contribution < -0.4 is 10.1 Å². The molecule has 0 unspecified atom stereocenters. The molecule has 0 spiro atoms. The molecule has 1 amide bonds. The molecule has 6 aromatic rings. The van der Waals surface area contributed by atoms with Crippen molar-refractivity contribution in [3.8, 4) is 28.3 Å². The van der Waals surface area contributed by atoms with Crippen LogP contribution in [0.25, 0.3) is 33.5 Å². The molecular formula is C38H30N4O2S. The Morgan fingerprint density at radius 1 is 0.733 bits per heavy atom.